The molecule has 3 aromatic rings. The fraction of sp³-hybridized carbons (Fsp3) is 0.292. The Labute approximate surface area is 177 Å². The Morgan fingerprint density at radius 2 is 1.67 bits per heavy atom. The van der Waals surface area contributed by atoms with Gasteiger partial charge >= 0.3 is 0 Å². The average molecular weight is 405 g/mol. The fourth-order valence-corrected chi connectivity index (χ4v) is 3.67. The minimum absolute atomic E-state index is 0.104. The van der Waals surface area contributed by atoms with Crippen LogP contribution in [0.4, 0.5) is 11.6 Å². The largest absolute Gasteiger partial charge is 0.341 e. The summed E-state index contributed by atoms with van der Waals surface area (Å²) in [5.41, 5.74) is 5.40. The molecular formula is C24H28N4O2. The zero-order valence-electron chi connectivity index (χ0n) is 18.2. The highest BCUT2D eigenvalue weighted by molar-refractivity contribution is 5.92. The van der Waals surface area contributed by atoms with Crippen LogP contribution in [-0.4, -0.2) is 22.5 Å². The molecule has 156 valence electrons. The van der Waals surface area contributed by atoms with Gasteiger partial charge in [0.15, 0.2) is 0 Å². The molecule has 1 amide bonds. The summed E-state index contributed by atoms with van der Waals surface area (Å²) in [6.45, 7) is 8.22. The molecule has 0 fully saturated rings. The number of carbonyl (C=O) groups excluding carboxylic acids is 1. The first-order chi connectivity index (χ1) is 14.2. The number of nitrogens with one attached hydrogen (secondary N) is 1. The van der Waals surface area contributed by atoms with Gasteiger partial charge in [-0.05, 0) is 44.4 Å². The summed E-state index contributed by atoms with van der Waals surface area (Å²) in [5.74, 6) is 0.212. The lowest BCUT2D eigenvalue weighted by molar-refractivity contribution is -0.116. The van der Waals surface area contributed by atoms with E-state index < -0.39 is 0 Å². The lowest BCUT2D eigenvalue weighted by Gasteiger charge is -2.23. The molecule has 30 heavy (non-hydrogen) atoms. The molecule has 0 aliphatic rings. The minimum Gasteiger partial charge on any atom is -0.341 e. The Balaban J connectivity index is 1.87. The Hall–Kier alpha value is -3.41. The van der Waals surface area contributed by atoms with Crippen molar-refractivity contribution in [1.82, 2.24) is 9.55 Å². The quantitative estimate of drug-likeness (QED) is 0.679. The van der Waals surface area contributed by atoms with E-state index in [4.69, 9.17) is 0 Å². The van der Waals surface area contributed by atoms with E-state index >= 15 is 0 Å². The van der Waals surface area contributed by atoms with Gasteiger partial charge in [-0.2, -0.15) is 0 Å². The Morgan fingerprint density at radius 3 is 2.30 bits per heavy atom. The molecular weight excluding hydrogens is 376 g/mol. The van der Waals surface area contributed by atoms with E-state index in [2.05, 4.69) is 10.3 Å². The van der Waals surface area contributed by atoms with Crippen molar-refractivity contribution < 1.29 is 4.79 Å². The molecule has 3 rings (SSSR count). The van der Waals surface area contributed by atoms with Gasteiger partial charge in [0.1, 0.15) is 6.54 Å². The molecule has 6 heteroatoms. The molecule has 0 aliphatic heterocycles. The van der Waals surface area contributed by atoms with E-state index in [0.717, 1.165) is 27.9 Å². The highest BCUT2D eigenvalue weighted by Gasteiger charge is 2.16. The number of amides is 1. The van der Waals surface area contributed by atoms with E-state index in [1.165, 1.54) is 10.6 Å². The van der Waals surface area contributed by atoms with Crippen LogP contribution in [0.1, 0.15) is 27.9 Å². The van der Waals surface area contributed by atoms with Crippen molar-refractivity contribution in [3.63, 3.8) is 0 Å². The summed E-state index contributed by atoms with van der Waals surface area (Å²) in [6, 6.07) is 15.5. The van der Waals surface area contributed by atoms with E-state index in [-0.39, 0.29) is 18.0 Å². The fourth-order valence-electron chi connectivity index (χ4n) is 3.67. The predicted octanol–water partition coefficient (Wildman–Crippen LogP) is 3.75. The summed E-state index contributed by atoms with van der Waals surface area (Å²) in [6.07, 6.45) is 0. The van der Waals surface area contributed by atoms with Gasteiger partial charge in [0, 0.05) is 31.0 Å². The summed E-state index contributed by atoms with van der Waals surface area (Å²) in [5, 5.41) is 2.97. The van der Waals surface area contributed by atoms with Gasteiger partial charge in [-0.25, -0.2) is 4.98 Å². The van der Waals surface area contributed by atoms with Crippen LogP contribution in [-0.2, 0) is 17.9 Å². The smallest absolute Gasteiger partial charge is 0.255 e. The van der Waals surface area contributed by atoms with Crippen LogP contribution < -0.4 is 15.8 Å². The molecule has 0 radical (unpaired) electrons. The normalized spacial score (nSPS) is 10.7. The minimum atomic E-state index is -0.257. The Kier molecular flexibility index (Phi) is 6.35. The maximum Gasteiger partial charge on any atom is 0.255 e. The van der Waals surface area contributed by atoms with E-state index in [1.807, 2.05) is 75.2 Å². The maximum atomic E-state index is 12.8. The van der Waals surface area contributed by atoms with Gasteiger partial charge in [-0.3, -0.25) is 14.2 Å². The zero-order valence-corrected chi connectivity index (χ0v) is 18.2. The van der Waals surface area contributed by atoms with E-state index in [9.17, 15) is 9.59 Å². The third-order valence-electron chi connectivity index (χ3n) is 4.96. The second-order valence-corrected chi connectivity index (χ2v) is 7.79. The van der Waals surface area contributed by atoms with Crippen molar-refractivity contribution in [1.29, 1.82) is 0 Å². The molecule has 0 saturated carbocycles. The molecule has 0 saturated heterocycles. The van der Waals surface area contributed by atoms with Gasteiger partial charge in [0.2, 0.25) is 11.9 Å². The monoisotopic (exact) mass is 404 g/mol. The highest BCUT2D eigenvalue weighted by atomic mass is 16.2. The van der Waals surface area contributed by atoms with Gasteiger partial charge in [-0.1, -0.05) is 48.0 Å². The van der Waals surface area contributed by atoms with E-state index in [0.29, 0.717) is 18.2 Å². The lowest BCUT2D eigenvalue weighted by atomic mass is 10.1. The van der Waals surface area contributed by atoms with Crippen LogP contribution in [0.15, 0.2) is 53.3 Å². The van der Waals surface area contributed by atoms with Crippen molar-refractivity contribution in [3.8, 4) is 0 Å². The Bertz CT molecular complexity index is 1100. The number of anilines is 2. The molecule has 0 spiro atoms. The number of hydrogen-bond acceptors (Lipinski definition) is 4. The molecule has 0 atom stereocenters. The first-order valence-corrected chi connectivity index (χ1v) is 9.96. The van der Waals surface area contributed by atoms with Crippen molar-refractivity contribution in [2.75, 3.05) is 17.3 Å². The van der Waals surface area contributed by atoms with Crippen molar-refractivity contribution >= 4 is 17.5 Å². The standard InChI is InChI=1S/C24H28N4O2/c1-16-11-17(2)23(18(3)12-16)26-21(29)15-28-22(30)13-19(4)25-24(28)27(5)14-20-9-7-6-8-10-20/h6-13H,14-15H2,1-5H3,(H,26,29). The van der Waals surface area contributed by atoms with Crippen LogP contribution in [0.5, 0.6) is 0 Å². The molecule has 1 aromatic heterocycles. The van der Waals surface area contributed by atoms with Crippen LogP contribution in [0.3, 0.4) is 0 Å². The second kappa shape index (κ2) is 8.95. The maximum absolute atomic E-state index is 12.8. The molecule has 2 aromatic carbocycles. The molecule has 1 heterocycles. The van der Waals surface area contributed by atoms with Crippen molar-refractivity contribution in [2.45, 2.75) is 40.8 Å². The number of aromatic nitrogens is 2. The van der Waals surface area contributed by atoms with Crippen LogP contribution in [0.2, 0.25) is 0 Å². The van der Waals surface area contributed by atoms with Crippen molar-refractivity contribution in [3.05, 3.63) is 86.8 Å². The summed E-state index contributed by atoms with van der Waals surface area (Å²) >= 11 is 0. The Morgan fingerprint density at radius 1 is 1.03 bits per heavy atom. The van der Waals surface area contributed by atoms with Gasteiger partial charge in [-0.15, -0.1) is 0 Å². The third-order valence-corrected chi connectivity index (χ3v) is 4.96. The summed E-state index contributed by atoms with van der Waals surface area (Å²) in [4.78, 5) is 32.0. The molecule has 0 bridgehead atoms. The SMILES string of the molecule is Cc1cc(C)c(NC(=O)Cn2c(N(C)Cc3ccccc3)nc(C)cc2=O)c(C)c1. The first kappa shape index (κ1) is 21.3. The predicted molar refractivity (Wildman–Crippen MR) is 121 cm³/mol. The molecule has 1 N–H and O–H groups in total. The molecule has 6 nitrogen and oxygen atoms in total. The van der Waals surface area contributed by atoms with Crippen molar-refractivity contribution in [2.24, 2.45) is 0 Å². The van der Waals surface area contributed by atoms with Gasteiger partial charge in [0.05, 0.1) is 0 Å². The first-order valence-electron chi connectivity index (χ1n) is 9.96. The number of carbonyl (C=O) groups is 1. The highest BCUT2D eigenvalue weighted by Crippen LogP contribution is 2.22. The molecule has 0 aliphatic carbocycles. The van der Waals surface area contributed by atoms with E-state index in [1.54, 1.807) is 6.92 Å². The third kappa shape index (κ3) is 4.95. The number of benzene rings is 2. The van der Waals surface area contributed by atoms with Crippen LogP contribution in [0.25, 0.3) is 0 Å². The number of hydrogen-bond donors (Lipinski definition) is 1. The van der Waals surface area contributed by atoms with Gasteiger partial charge in [0.25, 0.3) is 5.56 Å². The van der Waals surface area contributed by atoms with Gasteiger partial charge < -0.3 is 10.2 Å². The van der Waals surface area contributed by atoms with Crippen LogP contribution in [0, 0.1) is 27.7 Å². The summed E-state index contributed by atoms with van der Waals surface area (Å²) in [7, 11) is 1.87. The van der Waals surface area contributed by atoms with Crippen LogP contribution >= 0.6 is 0 Å². The number of nitrogens with zero attached hydrogens (tertiary/aromatic N) is 3. The second-order valence-electron chi connectivity index (χ2n) is 7.79. The zero-order chi connectivity index (χ0) is 21.8. The number of rotatable bonds is 6. The number of aryl methyl sites for hydroxylation is 4. The summed E-state index contributed by atoms with van der Waals surface area (Å²) < 4.78 is 1.42. The average Bonchev–Trinajstić information content (AvgIpc) is 2.67. The lowest BCUT2D eigenvalue weighted by Crippen LogP contribution is -2.34. The topological polar surface area (TPSA) is 67.2 Å². The molecule has 0 unspecified atom stereocenters.